The maximum absolute atomic E-state index is 12.6. The van der Waals surface area contributed by atoms with Gasteiger partial charge in [-0.3, -0.25) is 15.6 Å². The van der Waals surface area contributed by atoms with Crippen molar-refractivity contribution in [3.05, 3.63) is 63.9 Å². The molecule has 1 fully saturated rings. The van der Waals surface area contributed by atoms with Gasteiger partial charge in [0.25, 0.3) is 0 Å². The highest BCUT2D eigenvalue weighted by atomic mass is 16.4. The highest BCUT2D eigenvalue weighted by molar-refractivity contribution is 5.92. The molecule has 1 saturated carbocycles. The Balaban J connectivity index is 1.29. The van der Waals surface area contributed by atoms with Crippen molar-refractivity contribution in [1.82, 2.24) is 20.4 Å². The van der Waals surface area contributed by atoms with Gasteiger partial charge >= 0.3 is 5.91 Å². The predicted octanol–water partition coefficient (Wildman–Crippen LogP) is 4.93. The van der Waals surface area contributed by atoms with Gasteiger partial charge in [-0.1, -0.05) is 39.8 Å². The summed E-state index contributed by atoms with van der Waals surface area (Å²) in [6.45, 7) is 11.5. The van der Waals surface area contributed by atoms with Gasteiger partial charge in [0, 0.05) is 12.3 Å². The lowest BCUT2D eigenvalue weighted by molar-refractivity contribution is 0.0933. The van der Waals surface area contributed by atoms with Crippen molar-refractivity contribution in [3.63, 3.8) is 0 Å². The van der Waals surface area contributed by atoms with Crippen LogP contribution in [0.1, 0.15) is 104 Å². The first-order valence-corrected chi connectivity index (χ1v) is 12.3. The van der Waals surface area contributed by atoms with Gasteiger partial charge in [-0.25, -0.2) is 0 Å². The Morgan fingerprint density at radius 2 is 1.74 bits per heavy atom. The topological polar surface area (TPSA) is 119 Å². The van der Waals surface area contributed by atoms with E-state index >= 15 is 0 Å². The molecule has 2 aromatic heterocycles. The molecule has 4 N–H and O–H groups in total. The molecule has 2 aliphatic carbocycles. The number of carbonyl (C=O) groups is 1. The summed E-state index contributed by atoms with van der Waals surface area (Å²) in [5.74, 6) is 1.88. The van der Waals surface area contributed by atoms with E-state index in [1.807, 2.05) is 6.07 Å². The van der Waals surface area contributed by atoms with Crippen molar-refractivity contribution in [3.8, 4) is 0 Å². The van der Waals surface area contributed by atoms with Crippen molar-refractivity contribution < 1.29 is 9.21 Å². The Morgan fingerprint density at radius 3 is 2.43 bits per heavy atom. The van der Waals surface area contributed by atoms with Crippen molar-refractivity contribution in [1.29, 1.82) is 0 Å². The average molecular weight is 475 g/mol. The number of amides is 1. The van der Waals surface area contributed by atoms with Gasteiger partial charge < -0.3 is 10.2 Å². The molecule has 0 aliphatic heterocycles. The van der Waals surface area contributed by atoms with Gasteiger partial charge in [0.2, 0.25) is 11.9 Å². The highest BCUT2D eigenvalue weighted by Gasteiger charge is 2.37. The molecule has 1 amide bonds. The molecule has 2 aliphatic rings. The first kappa shape index (κ1) is 23.3. The summed E-state index contributed by atoms with van der Waals surface area (Å²) in [5.41, 5.74) is 16.7. The molecule has 35 heavy (non-hydrogen) atoms. The monoisotopic (exact) mass is 474 g/mol. The number of nitrogens with two attached hydrogens (primary N) is 1. The molecule has 3 aromatic rings. The molecule has 0 atom stereocenters. The molecule has 184 valence electrons. The number of hydrogen-bond donors (Lipinski definition) is 3. The summed E-state index contributed by atoms with van der Waals surface area (Å²) < 4.78 is 5.90. The van der Waals surface area contributed by atoms with Crippen molar-refractivity contribution in [2.24, 2.45) is 0 Å². The molecule has 0 bridgehead atoms. The largest absolute Gasteiger partial charge is 0.456 e. The van der Waals surface area contributed by atoms with E-state index in [1.165, 1.54) is 35.1 Å². The average Bonchev–Trinajstić information content (AvgIpc) is 3.55. The minimum atomic E-state index is -0.409. The number of anilines is 2. The molecule has 8 heteroatoms. The van der Waals surface area contributed by atoms with E-state index in [9.17, 15) is 4.79 Å². The maximum Gasteiger partial charge on any atom is 0.305 e. The standard InChI is InChI=1S/C27H34N6O2/c1-15-12-19-20(27(4,5)11-10-26(19,2)3)14-17(15)13-18-8-9-21(35-18)23(34)32-33-25-30-22(16-6-7-16)29-24(28)31-25/h8-9,12,14,16H,6-7,10-11,13H2,1-5H3,(H,32,34)(H3,28,29,30,31,33). The van der Waals surface area contributed by atoms with E-state index < -0.39 is 5.91 Å². The third kappa shape index (κ3) is 4.74. The molecule has 0 unspecified atom stereocenters. The molecule has 1 aromatic carbocycles. The number of aromatic nitrogens is 3. The first-order chi connectivity index (χ1) is 16.5. The number of nitrogens with zero attached hydrogens (tertiary/aromatic N) is 3. The van der Waals surface area contributed by atoms with E-state index in [0.717, 1.165) is 18.6 Å². The van der Waals surface area contributed by atoms with Crippen LogP contribution in [0, 0.1) is 6.92 Å². The van der Waals surface area contributed by atoms with Crippen LogP contribution in [0.5, 0.6) is 0 Å². The smallest absolute Gasteiger partial charge is 0.305 e. The number of benzene rings is 1. The van der Waals surface area contributed by atoms with Crippen LogP contribution in [0.2, 0.25) is 0 Å². The van der Waals surface area contributed by atoms with Crippen LogP contribution >= 0.6 is 0 Å². The third-order valence-electron chi connectivity index (χ3n) is 7.46. The zero-order chi connectivity index (χ0) is 25.0. The second kappa shape index (κ2) is 8.36. The van der Waals surface area contributed by atoms with Gasteiger partial charge in [-0.2, -0.15) is 15.0 Å². The second-order valence-electron chi connectivity index (χ2n) is 11.3. The third-order valence-corrected chi connectivity index (χ3v) is 7.46. The summed E-state index contributed by atoms with van der Waals surface area (Å²) in [7, 11) is 0. The predicted molar refractivity (Wildman–Crippen MR) is 135 cm³/mol. The molecule has 8 nitrogen and oxygen atoms in total. The zero-order valence-corrected chi connectivity index (χ0v) is 21.2. The fourth-order valence-electron chi connectivity index (χ4n) is 4.90. The molecule has 5 rings (SSSR count). The Labute approximate surface area is 206 Å². The summed E-state index contributed by atoms with van der Waals surface area (Å²) >= 11 is 0. The number of aryl methyl sites for hydroxylation is 1. The number of hydrogen-bond acceptors (Lipinski definition) is 7. The number of nitrogen functional groups attached to an aromatic ring is 1. The second-order valence-corrected chi connectivity index (χ2v) is 11.3. The fourth-order valence-corrected chi connectivity index (χ4v) is 4.90. The SMILES string of the molecule is Cc1cc2c(cc1Cc1ccc(C(=O)NNc3nc(N)nc(C4CC4)n3)o1)C(C)(C)CCC2(C)C. The molecular formula is C27H34N6O2. The van der Waals surface area contributed by atoms with Gasteiger partial charge in [-0.05, 0) is 77.8 Å². The lowest BCUT2D eigenvalue weighted by Crippen LogP contribution is -2.34. The van der Waals surface area contributed by atoms with Gasteiger partial charge in [0.05, 0.1) is 0 Å². The van der Waals surface area contributed by atoms with Crippen LogP contribution in [0.25, 0.3) is 0 Å². The summed E-state index contributed by atoms with van der Waals surface area (Å²) in [5, 5.41) is 0. The van der Waals surface area contributed by atoms with Crippen LogP contribution in [-0.4, -0.2) is 20.9 Å². The molecule has 0 spiro atoms. The molecule has 0 radical (unpaired) electrons. The van der Waals surface area contributed by atoms with Gasteiger partial charge in [-0.15, -0.1) is 0 Å². The molecular weight excluding hydrogens is 440 g/mol. The number of furan rings is 1. The summed E-state index contributed by atoms with van der Waals surface area (Å²) in [4.78, 5) is 25.2. The van der Waals surface area contributed by atoms with Crippen LogP contribution in [-0.2, 0) is 17.3 Å². The Bertz CT molecular complexity index is 1290. The number of hydrazine groups is 1. The quantitative estimate of drug-likeness (QED) is 0.433. The first-order valence-electron chi connectivity index (χ1n) is 12.3. The van der Waals surface area contributed by atoms with Gasteiger partial charge in [0.15, 0.2) is 5.76 Å². The summed E-state index contributed by atoms with van der Waals surface area (Å²) in [6.07, 6.45) is 5.08. The van der Waals surface area contributed by atoms with E-state index in [0.29, 0.717) is 18.2 Å². The highest BCUT2D eigenvalue weighted by Crippen LogP contribution is 2.46. The zero-order valence-electron chi connectivity index (χ0n) is 21.2. The number of rotatable bonds is 6. The van der Waals surface area contributed by atoms with Gasteiger partial charge in [0.1, 0.15) is 11.6 Å². The lowest BCUT2D eigenvalue weighted by atomic mass is 9.62. The Hall–Kier alpha value is -3.42. The van der Waals surface area contributed by atoms with E-state index in [2.05, 4.69) is 72.6 Å². The van der Waals surface area contributed by atoms with E-state index in [1.54, 1.807) is 6.07 Å². The van der Waals surface area contributed by atoms with Crippen LogP contribution in [0.4, 0.5) is 11.9 Å². The Morgan fingerprint density at radius 1 is 1.06 bits per heavy atom. The normalized spacial score (nSPS) is 18.1. The van der Waals surface area contributed by atoms with Crippen molar-refractivity contribution in [2.45, 2.75) is 83.5 Å². The molecule has 2 heterocycles. The lowest BCUT2D eigenvalue weighted by Gasteiger charge is -2.42. The number of nitrogens with one attached hydrogen (secondary N) is 2. The van der Waals surface area contributed by atoms with E-state index in [4.69, 9.17) is 10.2 Å². The number of carbonyl (C=O) groups excluding carboxylic acids is 1. The van der Waals surface area contributed by atoms with Crippen molar-refractivity contribution >= 4 is 17.8 Å². The van der Waals surface area contributed by atoms with Crippen LogP contribution < -0.4 is 16.6 Å². The minimum absolute atomic E-state index is 0.130. The Kier molecular flexibility index (Phi) is 5.57. The minimum Gasteiger partial charge on any atom is -0.456 e. The van der Waals surface area contributed by atoms with Crippen molar-refractivity contribution in [2.75, 3.05) is 11.2 Å². The molecule has 0 saturated heterocycles. The van der Waals surface area contributed by atoms with Crippen LogP contribution in [0.15, 0.2) is 28.7 Å². The maximum atomic E-state index is 12.6. The fraction of sp³-hybridized carbons (Fsp3) is 0.481. The van der Waals surface area contributed by atoms with Crippen LogP contribution in [0.3, 0.4) is 0 Å². The number of fused-ring (bicyclic) bond motifs is 1. The van der Waals surface area contributed by atoms with E-state index in [-0.39, 0.29) is 28.5 Å². The summed E-state index contributed by atoms with van der Waals surface area (Å²) in [6, 6.07) is 8.24.